The van der Waals surface area contributed by atoms with Gasteiger partial charge in [0.15, 0.2) is 0 Å². The SMILES string of the molecule is CN1CCN(Cc2nc(N)nc(Nc3ccc(Cl)cc3)n2)CC1. The molecule has 3 rings (SSSR count). The molecule has 2 aromatic rings. The molecule has 1 saturated heterocycles. The van der Waals surface area contributed by atoms with Gasteiger partial charge in [0.05, 0.1) is 6.54 Å². The molecular formula is C15H20ClN7. The van der Waals surface area contributed by atoms with E-state index in [4.69, 9.17) is 17.3 Å². The van der Waals surface area contributed by atoms with Crippen LogP contribution >= 0.6 is 11.6 Å². The molecule has 7 nitrogen and oxygen atoms in total. The molecule has 122 valence electrons. The summed E-state index contributed by atoms with van der Waals surface area (Å²) in [5, 5.41) is 3.81. The molecular weight excluding hydrogens is 314 g/mol. The van der Waals surface area contributed by atoms with Crippen LogP contribution < -0.4 is 11.1 Å². The van der Waals surface area contributed by atoms with Gasteiger partial charge in [-0.2, -0.15) is 15.0 Å². The average Bonchev–Trinajstić information content (AvgIpc) is 2.51. The molecule has 0 saturated carbocycles. The van der Waals surface area contributed by atoms with Crippen LogP contribution in [0.25, 0.3) is 0 Å². The molecule has 23 heavy (non-hydrogen) atoms. The van der Waals surface area contributed by atoms with Crippen LogP contribution in [-0.4, -0.2) is 58.0 Å². The zero-order valence-electron chi connectivity index (χ0n) is 13.0. The first-order valence-electron chi connectivity index (χ1n) is 7.52. The van der Waals surface area contributed by atoms with Gasteiger partial charge < -0.3 is 16.0 Å². The second-order valence-corrected chi connectivity index (χ2v) is 6.08. The normalized spacial score (nSPS) is 16.4. The number of nitrogens with zero attached hydrogens (tertiary/aromatic N) is 5. The lowest BCUT2D eigenvalue weighted by Gasteiger charge is -2.31. The summed E-state index contributed by atoms with van der Waals surface area (Å²) in [6.45, 7) is 4.78. The summed E-state index contributed by atoms with van der Waals surface area (Å²) in [6.07, 6.45) is 0. The Morgan fingerprint density at radius 2 is 1.78 bits per heavy atom. The topological polar surface area (TPSA) is 83.2 Å². The van der Waals surface area contributed by atoms with Crippen molar-refractivity contribution in [2.24, 2.45) is 0 Å². The number of anilines is 3. The van der Waals surface area contributed by atoms with E-state index in [1.807, 2.05) is 12.1 Å². The lowest BCUT2D eigenvalue weighted by atomic mass is 10.3. The predicted octanol–water partition coefficient (Wildman–Crippen LogP) is 1.60. The van der Waals surface area contributed by atoms with Gasteiger partial charge in [-0.15, -0.1) is 0 Å². The van der Waals surface area contributed by atoms with Crippen molar-refractivity contribution < 1.29 is 0 Å². The Labute approximate surface area is 140 Å². The van der Waals surface area contributed by atoms with Gasteiger partial charge in [-0.3, -0.25) is 4.90 Å². The number of halogens is 1. The van der Waals surface area contributed by atoms with Gasteiger partial charge in [-0.25, -0.2) is 0 Å². The Morgan fingerprint density at radius 1 is 1.09 bits per heavy atom. The minimum Gasteiger partial charge on any atom is -0.368 e. The van der Waals surface area contributed by atoms with Crippen molar-refractivity contribution >= 4 is 29.2 Å². The molecule has 1 aliphatic rings. The summed E-state index contributed by atoms with van der Waals surface area (Å²) in [6, 6.07) is 7.34. The van der Waals surface area contributed by atoms with Crippen LogP contribution in [0, 0.1) is 0 Å². The Bertz CT molecular complexity index is 653. The van der Waals surface area contributed by atoms with E-state index < -0.39 is 0 Å². The van der Waals surface area contributed by atoms with Crippen LogP contribution in [0.3, 0.4) is 0 Å². The second kappa shape index (κ2) is 7.08. The fraction of sp³-hybridized carbons (Fsp3) is 0.400. The van der Waals surface area contributed by atoms with Crippen molar-refractivity contribution in [1.29, 1.82) is 0 Å². The summed E-state index contributed by atoms with van der Waals surface area (Å²) < 4.78 is 0. The Hall–Kier alpha value is -1.96. The highest BCUT2D eigenvalue weighted by atomic mass is 35.5. The van der Waals surface area contributed by atoms with Gasteiger partial charge in [0, 0.05) is 36.9 Å². The van der Waals surface area contributed by atoms with Crippen LogP contribution in [0.15, 0.2) is 24.3 Å². The smallest absolute Gasteiger partial charge is 0.232 e. The average molecular weight is 334 g/mol. The first kappa shape index (κ1) is 15.9. The molecule has 0 bridgehead atoms. The molecule has 8 heteroatoms. The number of hydrogen-bond acceptors (Lipinski definition) is 7. The summed E-state index contributed by atoms with van der Waals surface area (Å²) in [5.74, 6) is 1.35. The molecule has 3 N–H and O–H groups in total. The fourth-order valence-corrected chi connectivity index (χ4v) is 2.56. The molecule has 0 spiro atoms. The van der Waals surface area contributed by atoms with Crippen LogP contribution in [0.4, 0.5) is 17.6 Å². The Balaban J connectivity index is 1.70. The molecule has 1 aromatic heterocycles. The number of hydrogen-bond donors (Lipinski definition) is 2. The van der Waals surface area contributed by atoms with E-state index in [0.717, 1.165) is 31.9 Å². The highest BCUT2D eigenvalue weighted by molar-refractivity contribution is 6.30. The quantitative estimate of drug-likeness (QED) is 0.879. The largest absolute Gasteiger partial charge is 0.368 e. The maximum atomic E-state index is 5.89. The first-order chi connectivity index (χ1) is 11.1. The lowest BCUT2D eigenvalue weighted by Crippen LogP contribution is -2.44. The van der Waals surface area contributed by atoms with Crippen LogP contribution in [-0.2, 0) is 6.54 Å². The van der Waals surface area contributed by atoms with Crippen molar-refractivity contribution in [3.8, 4) is 0 Å². The number of rotatable bonds is 4. The van der Waals surface area contributed by atoms with Crippen molar-refractivity contribution in [3.63, 3.8) is 0 Å². The second-order valence-electron chi connectivity index (χ2n) is 5.64. The molecule has 0 unspecified atom stereocenters. The minimum absolute atomic E-state index is 0.223. The van der Waals surface area contributed by atoms with Crippen LogP contribution in [0.2, 0.25) is 5.02 Å². The molecule has 2 heterocycles. The van der Waals surface area contributed by atoms with E-state index in [0.29, 0.717) is 23.3 Å². The Morgan fingerprint density at radius 3 is 2.48 bits per heavy atom. The summed E-state index contributed by atoms with van der Waals surface area (Å²) in [4.78, 5) is 17.5. The van der Waals surface area contributed by atoms with Crippen molar-refractivity contribution in [2.75, 3.05) is 44.3 Å². The molecule has 0 atom stereocenters. The lowest BCUT2D eigenvalue weighted by molar-refractivity contribution is 0.145. The fourth-order valence-electron chi connectivity index (χ4n) is 2.43. The summed E-state index contributed by atoms with van der Waals surface area (Å²) in [7, 11) is 2.13. The van der Waals surface area contributed by atoms with E-state index in [2.05, 4.69) is 37.1 Å². The minimum atomic E-state index is 0.223. The van der Waals surface area contributed by atoms with Gasteiger partial charge >= 0.3 is 0 Å². The van der Waals surface area contributed by atoms with E-state index in [1.54, 1.807) is 12.1 Å². The maximum Gasteiger partial charge on any atom is 0.232 e. The number of benzene rings is 1. The predicted molar refractivity (Wildman–Crippen MR) is 91.7 cm³/mol. The zero-order chi connectivity index (χ0) is 16.2. The molecule has 1 fully saturated rings. The van der Waals surface area contributed by atoms with E-state index in [1.165, 1.54) is 0 Å². The van der Waals surface area contributed by atoms with Gasteiger partial charge in [-0.1, -0.05) is 11.6 Å². The van der Waals surface area contributed by atoms with Gasteiger partial charge in [0.25, 0.3) is 0 Å². The first-order valence-corrected chi connectivity index (χ1v) is 7.90. The van der Waals surface area contributed by atoms with E-state index in [9.17, 15) is 0 Å². The summed E-state index contributed by atoms with van der Waals surface area (Å²) >= 11 is 5.89. The van der Waals surface area contributed by atoms with Crippen molar-refractivity contribution in [2.45, 2.75) is 6.54 Å². The third-order valence-electron chi connectivity index (χ3n) is 3.76. The molecule has 1 aliphatic heterocycles. The number of nitrogens with two attached hydrogens (primary N) is 1. The van der Waals surface area contributed by atoms with E-state index in [-0.39, 0.29) is 5.95 Å². The highest BCUT2D eigenvalue weighted by Crippen LogP contribution is 2.17. The van der Waals surface area contributed by atoms with Crippen LogP contribution in [0.5, 0.6) is 0 Å². The number of aromatic nitrogens is 3. The summed E-state index contributed by atoms with van der Waals surface area (Å²) in [5.41, 5.74) is 6.67. The number of piperazine rings is 1. The third kappa shape index (κ3) is 4.51. The number of nitrogen functional groups attached to an aromatic ring is 1. The molecule has 0 radical (unpaired) electrons. The standard InChI is InChI=1S/C15H20ClN7/c1-22-6-8-23(9-7-22)10-13-19-14(17)21-15(20-13)18-12-4-2-11(16)3-5-12/h2-5H,6-10H2,1H3,(H3,17,18,19,20,21). The number of nitrogens with one attached hydrogen (secondary N) is 1. The van der Waals surface area contributed by atoms with Gasteiger partial charge in [0.2, 0.25) is 11.9 Å². The molecule has 1 aromatic carbocycles. The van der Waals surface area contributed by atoms with Crippen molar-refractivity contribution in [1.82, 2.24) is 24.8 Å². The maximum absolute atomic E-state index is 5.89. The molecule has 0 amide bonds. The zero-order valence-corrected chi connectivity index (χ0v) is 13.8. The number of likely N-dealkylation sites (N-methyl/N-ethyl adjacent to an activating group) is 1. The Kier molecular flexibility index (Phi) is 4.90. The van der Waals surface area contributed by atoms with Crippen LogP contribution in [0.1, 0.15) is 5.82 Å². The van der Waals surface area contributed by atoms with Gasteiger partial charge in [0.1, 0.15) is 5.82 Å². The van der Waals surface area contributed by atoms with Crippen molar-refractivity contribution in [3.05, 3.63) is 35.1 Å². The highest BCUT2D eigenvalue weighted by Gasteiger charge is 2.16. The third-order valence-corrected chi connectivity index (χ3v) is 4.01. The van der Waals surface area contributed by atoms with Gasteiger partial charge in [-0.05, 0) is 31.3 Å². The van der Waals surface area contributed by atoms with E-state index >= 15 is 0 Å². The monoisotopic (exact) mass is 333 g/mol. The molecule has 0 aliphatic carbocycles.